The van der Waals surface area contributed by atoms with Crippen LogP contribution in [0.5, 0.6) is 0 Å². The third-order valence-electron chi connectivity index (χ3n) is 3.51. The number of rotatable bonds is 3. The molecule has 5 heteroatoms. The van der Waals surface area contributed by atoms with Gasteiger partial charge < -0.3 is 16.0 Å². The van der Waals surface area contributed by atoms with Gasteiger partial charge in [-0.05, 0) is 25.0 Å². The van der Waals surface area contributed by atoms with Crippen molar-refractivity contribution >= 4 is 11.6 Å². The number of carbonyl (C=O) groups excluding carboxylic acids is 1. The maximum atomic E-state index is 11.6. The molecule has 98 valence electrons. The third-order valence-corrected chi connectivity index (χ3v) is 3.51. The second-order valence-electron chi connectivity index (χ2n) is 4.55. The van der Waals surface area contributed by atoms with E-state index in [-0.39, 0.29) is 11.8 Å². The molecule has 1 aromatic rings. The summed E-state index contributed by atoms with van der Waals surface area (Å²) in [4.78, 5) is 18.1. The molecule has 5 nitrogen and oxygen atoms in total. The van der Waals surface area contributed by atoms with Crippen LogP contribution < -0.4 is 16.0 Å². The summed E-state index contributed by atoms with van der Waals surface area (Å²) in [6, 6.07) is 3.98. The number of nitrogens with two attached hydrogens (primary N) is 1. The average molecular weight is 248 g/mol. The van der Waals surface area contributed by atoms with Gasteiger partial charge in [-0.25, -0.2) is 0 Å². The molecule has 0 spiro atoms. The molecule has 1 fully saturated rings. The summed E-state index contributed by atoms with van der Waals surface area (Å²) in [5.74, 6) is 0.295. The number of nitrogens with zero attached hydrogens (tertiary/aromatic N) is 2. The highest BCUT2D eigenvalue weighted by Crippen LogP contribution is 2.25. The molecule has 0 radical (unpaired) electrons. The number of amides is 1. The van der Waals surface area contributed by atoms with Crippen molar-refractivity contribution in [3.8, 4) is 0 Å². The van der Waals surface area contributed by atoms with Crippen molar-refractivity contribution in [1.82, 2.24) is 10.3 Å². The van der Waals surface area contributed by atoms with E-state index in [4.69, 9.17) is 5.73 Å². The summed E-state index contributed by atoms with van der Waals surface area (Å²) < 4.78 is 0. The molecule has 1 amide bonds. The van der Waals surface area contributed by atoms with Gasteiger partial charge in [-0.1, -0.05) is 0 Å². The predicted molar refractivity (Wildman–Crippen MR) is 71.1 cm³/mol. The molecule has 0 aliphatic carbocycles. The number of pyridine rings is 1. The number of anilines is 1. The molecule has 1 aromatic heterocycles. The Balaban J connectivity index is 2.03. The largest absolute Gasteiger partial charge is 0.370 e. The highest BCUT2D eigenvalue weighted by Gasteiger charge is 2.25. The predicted octanol–water partition coefficient (Wildman–Crippen LogP) is 0.503. The van der Waals surface area contributed by atoms with Crippen LogP contribution in [0.3, 0.4) is 0 Å². The van der Waals surface area contributed by atoms with Crippen LogP contribution in [0.15, 0.2) is 18.3 Å². The second-order valence-corrected chi connectivity index (χ2v) is 4.55. The molecule has 3 N–H and O–H groups in total. The molecular weight excluding hydrogens is 228 g/mol. The Morgan fingerprint density at radius 3 is 2.89 bits per heavy atom. The van der Waals surface area contributed by atoms with E-state index in [1.165, 1.54) is 0 Å². The van der Waals surface area contributed by atoms with Gasteiger partial charge in [0.05, 0.1) is 11.4 Å². The standard InChI is InChI=1S/C13H20N4O/c1-15-13(18)10-4-7-17(8-5-10)12-3-2-6-16-11(12)9-14/h2-3,6,10H,4-5,7-9,14H2,1H3,(H,15,18). The van der Waals surface area contributed by atoms with E-state index in [9.17, 15) is 4.79 Å². The van der Waals surface area contributed by atoms with Gasteiger partial charge in [0.2, 0.25) is 5.91 Å². The quantitative estimate of drug-likeness (QED) is 0.817. The van der Waals surface area contributed by atoms with E-state index >= 15 is 0 Å². The van der Waals surface area contributed by atoms with Gasteiger partial charge in [0.25, 0.3) is 0 Å². The Morgan fingerprint density at radius 2 is 2.28 bits per heavy atom. The third kappa shape index (κ3) is 2.61. The van der Waals surface area contributed by atoms with Gasteiger partial charge in [-0.15, -0.1) is 0 Å². The highest BCUT2D eigenvalue weighted by molar-refractivity contribution is 5.78. The van der Waals surface area contributed by atoms with Crippen molar-refractivity contribution in [2.24, 2.45) is 11.7 Å². The minimum atomic E-state index is 0.143. The van der Waals surface area contributed by atoms with Crippen LogP contribution >= 0.6 is 0 Å². The molecule has 1 aliphatic rings. The van der Waals surface area contributed by atoms with Gasteiger partial charge in [-0.2, -0.15) is 0 Å². The maximum Gasteiger partial charge on any atom is 0.222 e. The highest BCUT2D eigenvalue weighted by atomic mass is 16.1. The monoisotopic (exact) mass is 248 g/mol. The molecule has 0 bridgehead atoms. The molecule has 2 heterocycles. The Bertz CT molecular complexity index is 413. The minimum Gasteiger partial charge on any atom is -0.370 e. The summed E-state index contributed by atoms with van der Waals surface area (Å²) in [5, 5.41) is 2.72. The zero-order valence-electron chi connectivity index (χ0n) is 10.7. The Hall–Kier alpha value is -1.62. The summed E-state index contributed by atoms with van der Waals surface area (Å²) in [6.07, 6.45) is 3.54. The van der Waals surface area contributed by atoms with E-state index in [1.807, 2.05) is 6.07 Å². The number of aromatic nitrogens is 1. The van der Waals surface area contributed by atoms with Crippen LogP contribution in [0.4, 0.5) is 5.69 Å². The van der Waals surface area contributed by atoms with Crippen LogP contribution in [0, 0.1) is 5.92 Å². The molecule has 1 saturated heterocycles. The van der Waals surface area contributed by atoms with Crippen LogP contribution in [0.1, 0.15) is 18.5 Å². The molecule has 0 atom stereocenters. The van der Waals surface area contributed by atoms with Crippen molar-refractivity contribution in [3.63, 3.8) is 0 Å². The van der Waals surface area contributed by atoms with E-state index in [0.29, 0.717) is 6.54 Å². The number of hydrogen-bond acceptors (Lipinski definition) is 4. The first-order valence-corrected chi connectivity index (χ1v) is 6.36. The van der Waals surface area contributed by atoms with Crippen LogP contribution in [0.2, 0.25) is 0 Å². The number of carbonyl (C=O) groups is 1. The number of nitrogens with one attached hydrogen (secondary N) is 1. The van der Waals surface area contributed by atoms with Crippen molar-refractivity contribution in [2.75, 3.05) is 25.0 Å². The Kier molecular flexibility index (Phi) is 4.15. The summed E-state index contributed by atoms with van der Waals surface area (Å²) in [5.41, 5.74) is 7.73. The molecule has 1 aliphatic heterocycles. The zero-order chi connectivity index (χ0) is 13.0. The first-order valence-electron chi connectivity index (χ1n) is 6.36. The van der Waals surface area contributed by atoms with E-state index < -0.39 is 0 Å². The lowest BCUT2D eigenvalue weighted by Crippen LogP contribution is -2.40. The Morgan fingerprint density at radius 1 is 1.56 bits per heavy atom. The first-order chi connectivity index (χ1) is 8.76. The van der Waals surface area contributed by atoms with Crippen molar-refractivity contribution < 1.29 is 4.79 Å². The van der Waals surface area contributed by atoms with Gasteiger partial charge in [0.1, 0.15) is 0 Å². The molecule has 2 rings (SSSR count). The Labute approximate surface area is 107 Å². The lowest BCUT2D eigenvalue weighted by Gasteiger charge is -2.33. The molecule has 18 heavy (non-hydrogen) atoms. The van der Waals surface area contributed by atoms with Gasteiger partial charge >= 0.3 is 0 Å². The van der Waals surface area contributed by atoms with Crippen molar-refractivity contribution in [3.05, 3.63) is 24.0 Å². The maximum absolute atomic E-state index is 11.6. The van der Waals surface area contributed by atoms with Gasteiger partial charge in [0, 0.05) is 38.8 Å². The SMILES string of the molecule is CNC(=O)C1CCN(c2cccnc2CN)CC1. The van der Waals surface area contributed by atoms with Crippen molar-refractivity contribution in [2.45, 2.75) is 19.4 Å². The summed E-state index contributed by atoms with van der Waals surface area (Å²) in [7, 11) is 1.70. The molecule has 0 saturated carbocycles. The fraction of sp³-hybridized carbons (Fsp3) is 0.538. The first kappa shape index (κ1) is 12.8. The van der Waals surface area contributed by atoms with Gasteiger partial charge in [0.15, 0.2) is 0 Å². The van der Waals surface area contributed by atoms with E-state index in [2.05, 4.69) is 21.3 Å². The average Bonchev–Trinajstić information content (AvgIpc) is 2.46. The molecule has 0 aromatic carbocycles. The minimum absolute atomic E-state index is 0.143. The van der Waals surface area contributed by atoms with Crippen LogP contribution in [-0.4, -0.2) is 31.0 Å². The van der Waals surface area contributed by atoms with E-state index in [1.54, 1.807) is 13.2 Å². The van der Waals surface area contributed by atoms with Crippen LogP contribution in [-0.2, 0) is 11.3 Å². The number of piperidine rings is 1. The van der Waals surface area contributed by atoms with Crippen LogP contribution in [0.25, 0.3) is 0 Å². The normalized spacial score (nSPS) is 16.7. The zero-order valence-corrected chi connectivity index (χ0v) is 10.7. The lowest BCUT2D eigenvalue weighted by atomic mass is 9.95. The molecular formula is C13H20N4O. The lowest BCUT2D eigenvalue weighted by molar-refractivity contribution is -0.125. The van der Waals surface area contributed by atoms with E-state index in [0.717, 1.165) is 37.3 Å². The summed E-state index contributed by atoms with van der Waals surface area (Å²) >= 11 is 0. The van der Waals surface area contributed by atoms with Crippen molar-refractivity contribution in [1.29, 1.82) is 0 Å². The smallest absolute Gasteiger partial charge is 0.222 e. The topological polar surface area (TPSA) is 71.2 Å². The summed E-state index contributed by atoms with van der Waals surface area (Å²) in [6.45, 7) is 2.22. The fourth-order valence-electron chi connectivity index (χ4n) is 2.46. The molecule has 0 unspecified atom stereocenters. The fourth-order valence-corrected chi connectivity index (χ4v) is 2.46. The van der Waals surface area contributed by atoms with Gasteiger partial charge in [-0.3, -0.25) is 9.78 Å². The number of hydrogen-bond donors (Lipinski definition) is 2. The second kappa shape index (κ2) is 5.82.